The molecule has 0 spiro atoms. The van der Waals surface area contributed by atoms with E-state index < -0.39 is 5.97 Å². The predicted molar refractivity (Wildman–Crippen MR) is 82.9 cm³/mol. The summed E-state index contributed by atoms with van der Waals surface area (Å²) in [6, 6.07) is 8.76. The van der Waals surface area contributed by atoms with Crippen molar-refractivity contribution in [3.05, 3.63) is 52.5 Å². The number of fused-ring (bicyclic) bond motifs is 1. The van der Waals surface area contributed by atoms with E-state index in [0.717, 1.165) is 11.5 Å². The second kappa shape index (κ2) is 5.49. The second-order valence-electron chi connectivity index (χ2n) is 4.68. The van der Waals surface area contributed by atoms with Crippen molar-refractivity contribution in [3.63, 3.8) is 0 Å². The minimum absolute atomic E-state index is 0.272. The van der Waals surface area contributed by atoms with Crippen molar-refractivity contribution in [3.8, 4) is 0 Å². The van der Waals surface area contributed by atoms with Crippen LogP contribution >= 0.6 is 11.3 Å². The molecule has 2 heterocycles. The number of carbonyl (C=O) groups is 1. The summed E-state index contributed by atoms with van der Waals surface area (Å²) >= 11 is 1.56. The van der Waals surface area contributed by atoms with E-state index in [2.05, 4.69) is 9.97 Å². The van der Waals surface area contributed by atoms with Gasteiger partial charge in [-0.05, 0) is 24.3 Å². The lowest BCUT2D eigenvalue weighted by Gasteiger charge is -2.17. The normalized spacial score (nSPS) is 10.7. The molecule has 5 nitrogen and oxygen atoms in total. The highest BCUT2D eigenvalue weighted by Gasteiger charge is 2.11. The van der Waals surface area contributed by atoms with Crippen molar-refractivity contribution in [1.82, 2.24) is 9.97 Å². The minimum atomic E-state index is -0.939. The van der Waals surface area contributed by atoms with Gasteiger partial charge in [-0.3, -0.25) is 0 Å². The van der Waals surface area contributed by atoms with Crippen LogP contribution in [0, 0.1) is 0 Å². The number of thiazole rings is 1. The molecule has 2 aromatic heterocycles. The Morgan fingerprint density at radius 3 is 2.90 bits per heavy atom. The summed E-state index contributed by atoms with van der Waals surface area (Å²) in [4.78, 5) is 22.0. The van der Waals surface area contributed by atoms with E-state index >= 15 is 0 Å². The molecule has 0 saturated heterocycles. The number of nitrogens with zero attached hydrogens (tertiary/aromatic N) is 3. The number of rotatable bonds is 4. The van der Waals surface area contributed by atoms with Crippen molar-refractivity contribution < 1.29 is 9.90 Å². The van der Waals surface area contributed by atoms with Crippen LogP contribution in [-0.2, 0) is 6.54 Å². The fourth-order valence-corrected chi connectivity index (χ4v) is 2.73. The number of hydrogen-bond acceptors (Lipinski definition) is 5. The molecule has 0 fully saturated rings. The molecule has 6 heteroatoms. The average Bonchev–Trinajstić information content (AvgIpc) is 2.98. The first kappa shape index (κ1) is 13.5. The molecule has 0 amide bonds. The molecule has 1 N–H and O–H groups in total. The van der Waals surface area contributed by atoms with E-state index in [1.165, 1.54) is 0 Å². The van der Waals surface area contributed by atoms with Gasteiger partial charge in [-0.1, -0.05) is 6.07 Å². The number of hydrogen-bond donors (Lipinski definition) is 1. The lowest BCUT2D eigenvalue weighted by atomic mass is 10.1. The van der Waals surface area contributed by atoms with Crippen LogP contribution in [0.15, 0.2) is 41.2 Å². The zero-order chi connectivity index (χ0) is 14.8. The van der Waals surface area contributed by atoms with Gasteiger partial charge in [0.1, 0.15) is 5.82 Å². The van der Waals surface area contributed by atoms with Crippen molar-refractivity contribution in [2.24, 2.45) is 0 Å². The first-order valence-corrected chi connectivity index (χ1v) is 7.30. The minimum Gasteiger partial charge on any atom is -0.478 e. The molecule has 0 radical (unpaired) electrons. The molecule has 106 valence electrons. The maximum atomic E-state index is 11.2. The molecule has 3 aromatic rings. The van der Waals surface area contributed by atoms with Crippen LogP contribution in [0.5, 0.6) is 0 Å². The van der Waals surface area contributed by atoms with Gasteiger partial charge in [0.25, 0.3) is 0 Å². The molecule has 0 aliphatic heterocycles. The van der Waals surface area contributed by atoms with E-state index in [1.807, 2.05) is 29.5 Å². The van der Waals surface area contributed by atoms with Crippen molar-refractivity contribution in [2.75, 3.05) is 11.9 Å². The Morgan fingerprint density at radius 1 is 1.33 bits per heavy atom. The molecular weight excluding hydrogens is 286 g/mol. The van der Waals surface area contributed by atoms with Gasteiger partial charge in [-0.2, -0.15) is 0 Å². The van der Waals surface area contributed by atoms with Crippen molar-refractivity contribution in [1.29, 1.82) is 0 Å². The van der Waals surface area contributed by atoms with Crippen LogP contribution < -0.4 is 4.90 Å². The molecule has 1 aromatic carbocycles. The topological polar surface area (TPSA) is 66.3 Å². The third-order valence-corrected chi connectivity index (χ3v) is 3.86. The summed E-state index contributed by atoms with van der Waals surface area (Å²) in [5.41, 5.74) is 3.74. The van der Waals surface area contributed by atoms with E-state index in [4.69, 9.17) is 0 Å². The van der Waals surface area contributed by atoms with Gasteiger partial charge in [-0.15, -0.1) is 11.3 Å². The largest absolute Gasteiger partial charge is 0.478 e. The van der Waals surface area contributed by atoms with Gasteiger partial charge < -0.3 is 10.0 Å². The van der Waals surface area contributed by atoms with E-state index in [0.29, 0.717) is 17.4 Å². The van der Waals surface area contributed by atoms with Gasteiger partial charge in [-0.25, -0.2) is 14.8 Å². The molecular formula is C15H13N3O2S. The quantitative estimate of drug-likeness (QED) is 0.802. The summed E-state index contributed by atoms with van der Waals surface area (Å²) in [5.74, 6) is -0.149. The molecule has 0 unspecified atom stereocenters. The lowest BCUT2D eigenvalue weighted by Crippen LogP contribution is -2.17. The van der Waals surface area contributed by atoms with E-state index in [1.54, 1.807) is 35.0 Å². The maximum Gasteiger partial charge on any atom is 0.336 e. The van der Waals surface area contributed by atoms with Crippen LogP contribution in [0.1, 0.15) is 16.1 Å². The Kier molecular flexibility index (Phi) is 3.53. The summed E-state index contributed by atoms with van der Waals surface area (Å²) in [6.07, 6.45) is 0. The van der Waals surface area contributed by atoms with Gasteiger partial charge in [0, 0.05) is 17.8 Å². The predicted octanol–water partition coefficient (Wildman–Crippen LogP) is 3.03. The summed E-state index contributed by atoms with van der Waals surface area (Å²) in [7, 11) is 1.94. The summed E-state index contributed by atoms with van der Waals surface area (Å²) in [5, 5.41) is 11.8. The Hall–Kier alpha value is -2.47. The smallest absolute Gasteiger partial charge is 0.336 e. The van der Waals surface area contributed by atoms with Gasteiger partial charge in [0.15, 0.2) is 0 Å². The van der Waals surface area contributed by atoms with Crippen LogP contribution in [0.25, 0.3) is 10.9 Å². The molecule has 0 aliphatic rings. The standard InChI is InChI=1S/C15H13N3O2S/c1-18(7-10-8-21-9-16-10)14-6-5-11-12(15(19)20)3-2-4-13(11)17-14/h2-6,8-9H,7H2,1H3,(H,19,20). The highest BCUT2D eigenvalue weighted by atomic mass is 32.1. The van der Waals surface area contributed by atoms with Gasteiger partial charge >= 0.3 is 5.97 Å². The number of aromatic carboxylic acids is 1. The highest BCUT2D eigenvalue weighted by molar-refractivity contribution is 7.07. The number of anilines is 1. The molecule has 0 aliphatic carbocycles. The SMILES string of the molecule is CN(Cc1cscn1)c1ccc2c(C(=O)O)cccc2n1. The maximum absolute atomic E-state index is 11.2. The van der Waals surface area contributed by atoms with Crippen molar-refractivity contribution in [2.45, 2.75) is 6.54 Å². The Labute approximate surface area is 125 Å². The lowest BCUT2D eigenvalue weighted by molar-refractivity contribution is 0.0699. The zero-order valence-corrected chi connectivity index (χ0v) is 12.2. The molecule has 0 bridgehead atoms. The molecule has 21 heavy (non-hydrogen) atoms. The second-order valence-corrected chi connectivity index (χ2v) is 5.40. The highest BCUT2D eigenvalue weighted by Crippen LogP contribution is 2.21. The molecule has 0 saturated carbocycles. The summed E-state index contributed by atoms with van der Waals surface area (Å²) in [6.45, 7) is 0.667. The Morgan fingerprint density at radius 2 is 2.19 bits per heavy atom. The summed E-state index contributed by atoms with van der Waals surface area (Å²) < 4.78 is 0. The average molecular weight is 299 g/mol. The first-order valence-electron chi connectivity index (χ1n) is 6.36. The third-order valence-electron chi connectivity index (χ3n) is 3.22. The van der Waals surface area contributed by atoms with E-state index in [9.17, 15) is 9.90 Å². The van der Waals surface area contributed by atoms with Crippen LogP contribution in [0.3, 0.4) is 0 Å². The fourth-order valence-electron chi connectivity index (χ4n) is 2.18. The number of carboxylic acid groups (broad SMARTS) is 1. The Balaban J connectivity index is 1.96. The number of carboxylic acids is 1. The Bertz CT molecular complexity index is 787. The van der Waals surface area contributed by atoms with E-state index in [-0.39, 0.29) is 5.56 Å². The third kappa shape index (κ3) is 2.71. The first-order chi connectivity index (χ1) is 10.1. The van der Waals surface area contributed by atoms with Gasteiger partial charge in [0.05, 0.1) is 28.8 Å². The van der Waals surface area contributed by atoms with Crippen LogP contribution in [-0.4, -0.2) is 28.1 Å². The zero-order valence-electron chi connectivity index (χ0n) is 11.4. The monoisotopic (exact) mass is 299 g/mol. The molecule has 0 atom stereocenters. The number of aromatic nitrogens is 2. The van der Waals surface area contributed by atoms with Crippen LogP contribution in [0.2, 0.25) is 0 Å². The number of pyridine rings is 1. The van der Waals surface area contributed by atoms with Crippen LogP contribution in [0.4, 0.5) is 5.82 Å². The van der Waals surface area contributed by atoms with Gasteiger partial charge in [0.2, 0.25) is 0 Å². The number of benzene rings is 1. The molecule has 3 rings (SSSR count). The fraction of sp³-hybridized carbons (Fsp3) is 0.133. The van der Waals surface area contributed by atoms with Crippen molar-refractivity contribution >= 4 is 34.0 Å².